The van der Waals surface area contributed by atoms with Gasteiger partial charge in [0.15, 0.2) is 5.82 Å². The van der Waals surface area contributed by atoms with Crippen LogP contribution in [0.3, 0.4) is 0 Å². The second kappa shape index (κ2) is 5.61. The zero-order valence-corrected chi connectivity index (χ0v) is 14.4. The second-order valence-corrected chi connectivity index (χ2v) is 7.22. The number of urea groups is 1. The predicted molar refractivity (Wildman–Crippen MR) is 92.6 cm³/mol. The number of nitrogens with one attached hydrogen (secondary N) is 1. The number of nitrogens with zero attached hydrogens (tertiary/aromatic N) is 4. The predicted octanol–water partition coefficient (Wildman–Crippen LogP) is 3.05. The van der Waals surface area contributed by atoms with Crippen molar-refractivity contribution in [1.29, 1.82) is 0 Å². The van der Waals surface area contributed by atoms with Gasteiger partial charge in [0.05, 0.1) is 0 Å². The van der Waals surface area contributed by atoms with Gasteiger partial charge in [-0.25, -0.2) is 9.78 Å². The molecule has 1 saturated heterocycles. The maximum Gasteiger partial charge on any atom is 0.322 e. The van der Waals surface area contributed by atoms with E-state index in [2.05, 4.69) is 22.3 Å². The largest absolute Gasteiger partial charge is 0.322 e. The van der Waals surface area contributed by atoms with Gasteiger partial charge in [0.25, 0.3) is 0 Å². The number of benzene rings is 1. The van der Waals surface area contributed by atoms with Gasteiger partial charge in [-0.3, -0.25) is 4.68 Å². The number of rotatable bonds is 2. The average Bonchev–Trinajstić information content (AvgIpc) is 3.24. The fraction of sp³-hybridized carbons (Fsp3) is 0.500. The molecule has 2 heterocycles. The Kier molecular flexibility index (Phi) is 3.55. The number of hydrogen-bond acceptors (Lipinski definition) is 3. The third kappa shape index (κ3) is 2.56. The standard InChI is InChI=1S/C18H23N5O/c1-11-4-5-14(8-16(11)17-19-10-22(3)21-17)20-18(24)23-9-13-7-15(23)6-12(13)2/h4-5,8,10,12-13,15H,6-7,9H2,1-3H3,(H,20,24)/t12-,13-,15+/m1/s1. The second-order valence-electron chi connectivity index (χ2n) is 7.22. The molecular formula is C18H23N5O. The van der Waals surface area contributed by atoms with Crippen LogP contribution in [0.1, 0.15) is 25.3 Å². The number of carbonyl (C=O) groups excluding carboxylic acids is 1. The maximum atomic E-state index is 12.6. The number of likely N-dealkylation sites (tertiary alicyclic amines) is 1. The Morgan fingerprint density at radius 3 is 2.79 bits per heavy atom. The van der Waals surface area contributed by atoms with Crippen molar-refractivity contribution in [2.45, 2.75) is 32.7 Å². The number of carbonyl (C=O) groups is 1. The molecular weight excluding hydrogens is 302 g/mol. The Bertz CT molecular complexity index is 781. The topological polar surface area (TPSA) is 63.1 Å². The van der Waals surface area contributed by atoms with Gasteiger partial charge < -0.3 is 10.2 Å². The maximum absolute atomic E-state index is 12.6. The van der Waals surface area contributed by atoms with Gasteiger partial charge in [0.1, 0.15) is 6.33 Å². The summed E-state index contributed by atoms with van der Waals surface area (Å²) in [5.41, 5.74) is 2.84. The zero-order chi connectivity index (χ0) is 16.8. The van der Waals surface area contributed by atoms with E-state index in [0.717, 1.165) is 42.1 Å². The van der Waals surface area contributed by atoms with E-state index in [1.165, 1.54) is 0 Å². The Balaban J connectivity index is 1.52. The average molecular weight is 325 g/mol. The lowest BCUT2D eigenvalue weighted by Gasteiger charge is -2.30. The summed E-state index contributed by atoms with van der Waals surface area (Å²) in [6, 6.07) is 6.32. The van der Waals surface area contributed by atoms with E-state index in [-0.39, 0.29) is 6.03 Å². The van der Waals surface area contributed by atoms with Gasteiger partial charge in [0, 0.05) is 30.9 Å². The lowest BCUT2D eigenvalue weighted by atomic mass is 9.97. The molecule has 0 radical (unpaired) electrons. The van der Waals surface area contributed by atoms with Gasteiger partial charge in [-0.1, -0.05) is 13.0 Å². The van der Waals surface area contributed by atoms with Crippen molar-refractivity contribution in [3.8, 4) is 11.4 Å². The number of piperidine rings is 1. The van der Waals surface area contributed by atoms with Gasteiger partial charge in [-0.05, 0) is 49.3 Å². The van der Waals surface area contributed by atoms with Crippen molar-refractivity contribution < 1.29 is 4.79 Å². The first-order valence-corrected chi connectivity index (χ1v) is 8.55. The Morgan fingerprint density at radius 1 is 1.33 bits per heavy atom. The number of hydrogen-bond donors (Lipinski definition) is 1. The highest BCUT2D eigenvalue weighted by atomic mass is 16.2. The Hall–Kier alpha value is -2.37. The fourth-order valence-electron chi connectivity index (χ4n) is 4.06. The number of fused-ring (bicyclic) bond motifs is 2. The highest BCUT2D eigenvalue weighted by Gasteiger charge is 2.44. The van der Waals surface area contributed by atoms with Crippen molar-refractivity contribution in [3.63, 3.8) is 0 Å². The normalized spacial score (nSPS) is 25.3. The van der Waals surface area contributed by atoms with Gasteiger partial charge >= 0.3 is 6.03 Å². The van der Waals surface area contributed by atoms with E-state index in [4.69, 9.17) is 0 Å². The molecule has 2 aliphatic rings. The van der Waals surface area contributed by atoms with Gasteiger partial charge in [-0.2, -0.15) is 5.10 Å². The highest BCUT2D eigenvalue weighted by molar-refractivity contribution is 5.90. The van der Waals surface area contributed by atoms with Crippen molar-refractivity contribution in [2.75, 3.05) is 11.9 Å². The molecule has 6 heteroatoms. The van der Waals surface area contributed by atoms with Crippen LogP contribution < -0.4 is 5.32 Å². The molecule has 1 aliphatic heterocycles. The Morgan fingerprint density at radius 2 is 2.17 bits per heavy atom. The summed E-state index contributed by atoms with van der Waals surface area (Å²) in [7, 11) is 1.85. The molecule has 2 bridgehead atoms. The van der Waals surface area contributed by atoms with Crippen LogP contribution >= 0.6 is 0 Å². The molecule has 1 N–H and O–H groups in total. The molecule has 3 atom stereocenters. The zero-order valence-electron chi connectivity index (χ0n) is 14.4. The SMILES string of the molecule is Cc1ccc(NC(=O)N2C[C@H]3C[C@@H]2C[C@H]3C)cc1-c1ncn(C)n1. The van der Waals surface area contributed by atoms with E-state index >= 15 is 0 Å². The molecule has 6 nitrogen and oxygen atoms in total. The monoisotopic (exact) mass is 325 g/mol. The summed E-state index contributed by atoms with van der Waals surface area (Å²) < 4.78 is 1.68. The molecule has 2 amide bonds. The van der Waals surface area contributed by atoms with E-state index in [0.29, 0.717) is 17.8 Å². The third-order valence-electron chi connectivity index (χ3n) is 5.49. The molecule has 1 saturated carbocycles. The molecule has 2 fully saturated rings. The molecule has 1 aromatic carbocycles. The van der Waals surface area contributed by atoms with Crippen molar-refractivity contribution in [1.82, 2.24) is 19.7 Å². The molecule has 2 aromatic rings. The van der Waals surface area contributed by atoms with E-state index in [1.54, 1.807) is 11.0 Å². The molecule has 1 aromatic heterocycles. The summed E-state index contributed by atoms with van der Waals surface area (Å²) in [6.07, 6.45) is 3.98. The molecule has 0 unspecified atom stereocenters. The number of aryl methyl sites for hydroxylation is 2. The highest BCUT2D eigenvalue weighted by Crippen LogP contribution is 2.41. The van der Waals surface area contributed by atoms with Crippen LogP contribution in [0, 0.1) is 18.8 Å². The first-order chi connectivity index (χ1) is 11.5. The van der Waals surface area contributed by atoms with Gasteiger partial charge in [0.2, 0.25) is 0 Å². The van der Waals surface area contributed by atoms with Crippen LogP contribution in [-0.2, 0) is 7.05 Å². The summed E-state index contributed by atoms with van der Waals surface area (Å²) >= 11 is 0. The summed E-state index contributed by atoms with van der Waals surface area (Å²) in [4.78, 5) is 18.9. The lowest BCUT2D eigenvalue weighted by Crippen LogP contribution is -2.42. The van der Waals surface area contributed by atoms with Crippen molar-refractivity contribution >= 4 is 11.7 Å². The molecule has 1 aliphatic carbocycles. The quantitative estimate of drug-likeness (QED) is 0.923. The Labute approximate surface area is 141 Å². The molecule has 4 rings (SSSR count). The summed E-state index contributed by atoms with van der Waals surface area (Å²) in [6.45, 7) is 5.21. The van der Waals surface area contributed by atoms with E-state index in [9.17, 15) is 4.79 Å². The molecule has 126 valence electrons. The first kappa shape index (κ1) is 15.2. The van der Waals surface area contributed by atoms with Crippen LogP contribution in [0.5, 0.6) is 0 Å². The minimum absolute atomic E-state index is 0.0122. The van der Waals surface area contributed by atoms with Crippen LogP contribution in [0.25, 0.3) is 11.4 Å². The lowest BCUT2D eigenvalue weighted by molar-refractivity contribution is 0.181. The van der Waals surface area contributed by atoms with E-state index in [1.807, 2.05) is 37.1 Å². The number of amides is 2. The van der Waals surface area contributed by atoms with Gasteiger partial charge in [-0.15, -0.1) is 0 Å². The van der Waals surface area contributed by atoms with Crippen molar-refractivity contribution in [3.05, 3.63) is 30.1 Å². The molecule has 24 heavy (non-hydrogen) atoms. The smallest absolute Gasteiger partial charge is 0.321 e. The fourth-order valence-corrected chi connectivity index (χ4v) is 4.06. The minimum atomic E-state index is 0.0122. The molecule has 0 spiro atoms. The van der Waals surface area contributed by atoms with Crippen LogP contribution in [0.4, 0.5) is 10.5 Å². The van der Waals surface area contributed by atoms with E-state index < -0.39 is 0 Å². The van der Waals surface area contributed by atoms with Crippen LogP contribution in [0.15, 0.2) is 24.5 Å². The number of aromatic nitrogens is 3. The summed E-state index contributed by atoms with van der Waals surface area (Å²) in [5.74, 6) is 2.10. The first-order valence-electron chi connectivity index (χ1n) is 8.55. The minimum Gasteiger partial charge on any atom is -0.321 e. The third-order valence-corrected chi connectivity index (χ3v) is 5.49. The van der Waals surface area contributed by atoms with Crippen LogP contribution in [0.2, 0.25) is 0 Å². The van der Waals surface area contributed by atoms with Crippen LogP contribution in [-0.4, -0.2) is 38.3 Å². The number of anilines is 1. The van der Waals surface area contributed by atoms with Crippen molar-refractivity contribution in [2.24, 2.45) is 18.9 Å². The summed E-state index contributed by atoms with van der Waals surface area (Å²) in [5, 5.41) is 7.41.